The van der Waals surface area contributed by atoms with E-state index >= 15 is 0 Å². The zero-order chi connectivity index (χ0) is 12.1. The molecule has 2 nitrogen and oxygen atoms in total. The monoisotopic (exact) mass is 249 g/mol. The van der Waals surface area contributed by atoms with E-state index in [2.05, 4.69) is 12.2 Å². The fourth-order valence-corrected chi connectivity index (χ4v) is 5.56. The third kappa shape index (κ3) is 2.02. The van der Waals surface area contributed by atoms with Gasteiger partial charge < -0.3 is 10.1 Å². The minimum Gasteiger partial charge on any atom is -0.374 e. The molecule has 2 atom stereocenters. The second kappa shape index (κ2) is 4.49. The van der Waals surface area contributed by atoms with Gasteiger partial charge in [-0.15, -0.1) is 0 Å². The van der Waals surface area contributed by atoms with Crippen molar-refractivity contribution in [2.45, 2.75) is 70.1 Å². The summed E-state index contributed by atoms with van der Waals surface area (Å²) in [5.74, 6) is 4.18. The molecule has 0 radical (unpaired) electrons. The van der Waals surface area contributed by atoms with Crippen LogP contribution in [-0.2, 0) is 4.74 Å². The molecular weight excluding hydrogens is 222 g/mol. The minimum atomic E-state index is 0.496. The first-order valence-electron chi connectivity index (χ1n) is 8.16. The summed E-state index contributed by atoms with van der Waals surface area (Å²) in [5, 5.41) is 3.90. The Morgan fingerprint density at radius 3 is 2.17 bits per heavy atom. The van der Waals surface area contributed by atoms with Crippen LogP contribution in [0.1, 0.15) is 51.9 Å². The van der Waals surface area contributed by atoms with Crippen LogP contribution in [0.5, 0.6) is 0 Å². The van der Waals surface area contributed by atoms with Crippen LogP contribution in [0.2, 0.25) is 0 Å². The van der Waals surface area contributed by atoms with Gasteiger partial charge >= 0.3 is 0 Å². The Morgan fingerprint density at radius 2 is 1.61 bits per heavy atom. The molecule has 5 aliphatic rings. The van der Waals surface area contributed by atoms with Crippen LogP contribution in [-0.4, -0.2) is 24.8 Å². The standard InChI is InChI=1S/C16H27NO/c1-10-2-3-15(18-10)9-17-16-13-5-11-4-12(7-13)8-14(16)6-11/h10-17H,2-9H2,1H3. The molecule has 0 aromatic rings. The highest BCUT2D eigenvalue weighted by molar-refractivity contribution is 5.01. The van der Waals surface area contributed by atoms with Crippen molar-refractivity contribution in [1.29, 1.82) is 0 Å². The molecule has 1 saturated heterocycles. The Balaban J connectivity index is 1.35. The van der Waals surface area contributed by atoms with Gasteiger partial charge in [-0.2, -0.15) is 0 Å². The zero-order valence-corrected chi connectivity index (χ0v) is 11.6. The molecule has 0 amide bonds. The third-order valence-electron chi connectivity index (χ3n) is 6.13. The van der Waals surface area contributed by atoms with Gasteiger partial charge in [0.15, 0.2) is 0 Å². The fraction of sp³-hybridized carbons (Fsp3) is 1.00. The lowest BCUT2D eigenvalue weighted by Crippen LogP contribution is -2.55. The summed E-state index contributed by atoms with van der Waals surface area (Å²) in [6, 6.07) is 0.831. The van der Waals surface area contributed by atoms with Gasteiger partial charge in [0, 0.05) is 12.6 Å². The SMILES string of the molecule is CC1CCC(CNC2C3CC4CC(C3)CC2C4)O1. The van der Waals surface area contributed by atoms with Crippen LogP contribution >= 0.6 is 0 Å². The number of ether oxygens (including phenoxy) is 1. The summed E-state index contributed by atoms with van der Waals surface area (Å²) in [6.45, 7) is 3.32. The molecule has 0 aromatic heterocycles. The maximum Gasteiger partial charge on any atom is 0.0704 e. The normalized spacial score (nSPS) is 54.2. The number of hydrogen-bond donors (Lipinski definition) is 1. The highest BCUT2D eigenvalue weighted by Crippen LogP contribution is 2.53. The molecule has 102 valence electrons. The molecule has 2 unspecified atom stereocenters. The number of nitrogens with one attached hydrogen (secondary N) is 1. The van der Waals surface area contributed by atoms with Gasteiger partial charge in [-0.25, -0.2) is 0 Å². The first kappa shape index (κ1) is 11.7. The van der Waals surface area contributed by atoms with Crippen molar-refractivity contribution in [2.75, 3.05) is 6.54 Å². The summed E-state index contributed by atoms with van der Waals surface area (Å²) >= 11 is 0. The Kier molecular flexibility index (Phi) is 2.92. The van der Waals surface area contributed by atoms with E-state index in [1.54, 1.807) is 6.42 Å². The van der Waals surface area contributed by atoms with Crippen LogP contribution in [0.25, 0.3) is 0 Å². The lowest BCUT2D eigenvalue weighted by Gasteiger charge is -2.54. The van der Waals surface area contributed by atoms with E-state index in [-0.39, 0.29) is 0 Å². The van der Waals surface area contributed by atoms with Crippen molar-refractivity contribution in [2.24, 2.45) is 23.7 Å². The summed E-state index contributed by atoms with van der Waals surface area (Å²) in [5.41, 5.74) is 0. The van der Waals surface area contributed by atoms with Crippen molar-refractivity contribution < 1.29 is 4.74 Å². The largest absolute Gasteiger partial charge is 0.374 e. The summed E-state index contributed by atoms with van der Waals surface area (Å²) in [7, 11) is 0. The average Bonchev–Trinajstić information content (AvgIpc) is 2.73. The highest BCUT2D eigenvalue weighted by Gasteiger charge is 2.48. The molecule has 1 aliphatic heterocycles. The van der Waals surface area contributed by atoms with Gasteiger partial charge in [0.25, 0.3) is 0 Å². The van der Waals surface area contributed by atoms with Gasteiger partial charge in [0.1, 0.15) is 0 Å². The zero-order valence-electron chi connectivity index (χ0n) is 11.6. The van der Waals surface area contributed by atoms with Crippen molar-refractivity contribution in [3.63, 3.8) is 0 Å². The fourth-order valence-electron chi connectivity index (χ4n) is 5.56. The summed E-state index contributed by atoms with van der Waals surface area (Å²) < 4.78 is 5.94. The Bertz CT molecular complexity index is 288. The first-order chi connectivity index (χ1) is 8.78. The van der Waals surface area contributed by atoms with Gasteiger partial charge in [0.05, 0.1) is 12.2 Å². The van der Waals surface area contributed by atoms with E-state index in [0.29, 0.717) is 12.2 Å². The number of rotatable bonds is 3. The summed E-state index contributed by atoms with van der Waals surface area (Å²) in [4.78, 5) is 0. The van der Waals surface area contributed by atoms with Crippen LogP contribution in [0, 0.1) is 23.7 Å². The second-order valence-corrected chi connectivity index (χ2v) is 7.51. The van der Waals surface area contributed by atoms with E-state index in [0.717, 1.165) is 36.3 Å². The van der Waals surface area contributed by atoms with Crippen LogP contribution in [0.15, 0.2) is 0 Å². The smallest absolute Gasteiger partial charge is 0.0704 e. The molecule has 4 saturated carbocycles. The van der Waals surface area contributed by atoms with Gasteiger partial charge in [-0.3, -0.25) is 0 Å². The Labute approximate surface area is 111 Å². The second-order valence-electron chi connectivity index (χ2n) is 7.51. The van der Waals surface area contributed by atoms with E-state index < -0.39 is 0 Å². The maximum absolute atomic E-state index is 5.94. The summed E-state index contributed by atoms with van der Waals surface area (Å²) in [6.07, 6.45) is 11.2. The molecule has 4 bridgehead atoms. The Morgan fingerprint density at radius 1 is 0.944 bits per heavy atom. The lowest BCUT2D eigenvalue weighted by atomic mass is 9.54. The molecule has 2 heteroatoms. The first-order valence-corrected chi connectivity index (χ1v) is 8.16. The molecule has 1 heterocycles. The van der Waals surface area contributed by atoms with E-state index in [1.807, 2.05) is 0 Å². The van der Waals surface area contributed by atoms with E-state index in [4.69, 9.17) is 4.74 Å². The highest BCUT2D eigenvalue weighted by atomic mass is 16.5. The lowest BCUT2D eigenvalue weighted by molar-refractivity contribution is -0.0210. The van der Waals surface area contributed by atoms with Gasteiger partial charge in [0.2, 0.25) is 0 Å². The molecule has 0 aromatic carbocycles. The predicted molar refractivity (Wildman–Crippen MR) is 72.4 cm³/mol. The topological polar surface area (TPSA) is 21.3 Å². The maximum atomic E-state index is 5.94. The number of hydrogen-bond acceptors (Lipinski definition) is 2. The van der Waals surface area contributed by atoms with Gasteiger partial charge in [-0.05, 0) is 75.5 Å². The molecule has 5 rings (SSSR count). The Hall–Kier alpha value is -0.0800. The third-order valence-corrected chi connectivity index (χ3v) is 6.13. The average molecular weight is 249 g/mol. The van der Waals surface area contributed by atoms with Crippen LogP contribution in [0.3, 0.4) is 0 Å². The van der Waals surface area contributed by atoms with Crippen LogP contribution in [0.4, 0.5) is 0 Å². The molecule has 5 fully saturated rings. The van der Waals surface area contributed by atoms with E-state index in [1.165, 1.54) is 38.5 Å². The van der Waals surface area contributed by atoms with Crippen molar-refractivity contribution in [3.8, 4) is 0 Å². The quantitative estimate of drug-likeness (QED) is 0.830. The minimum absolute atomic E-state index is 0.496. The van der Waals surface area contributed by atoms with Gasteiger partial charge in [-0.1, -0.05) is 0 Å². The molecule has 0 spiro atoms. The molecular formula is C16H27NO. The van der Waals surface area contributed by atoms with Crippen molar-refractivity contribution >= 4 is 0 Å². The van der Waals surface area contributed by atoms with Crippen LogP contribution < -0.4 is 5.32 Å². The van der Waals surface area contributed by atoms with Crippen molar-refractivity contribution in [1.82, 2.24) is 5.32 Å². The predicted octanol–water partition coefficient (Wildman–Crippen LogP) is 2.97. The molecule has 18 heavy (non-hydrogen) atoms. The molecule has 4 aliphatic carbocycles. The van der Waals surface area contributed by atoms with Crippen molar-refractivity contribution in [3.05, 3.63) is 0 Å². The molecule has 1 N–H and O–H groups in total. The van der Waals surface area contributed by atoms with E-state index in [9.17, 15) is 0 Å².